The SMILES string of the molecule is CC(C)c1cc(C(F)(F)F)cn1C.CC(C)c1cc(C(F)(F)F)nn1C. The molecule has 0 spiro atoms. The molecule has 0 unspecified atom stereocenters. The summed E-state index contributed by atoms with van der Waals surface area (Å²) < 4.78 is 76.0. The molecule has 0 saturated heterocycles. The highest BCUT2D eigenvalue weighted by Crippen LogP contribution is 2.32. The molecule has 0 bridgehead atoms. The fourth-order valence-corrected chi connectivity index (χ4v) is 2.47. The number of rotatable bonds is 2. The van der Waals surface area contributed by atoms with E-state index in [1.807, 2.05) is 27.7 Å². The second-order valence-electron chi connectivity index (χ2n) is 6.65. The third kappa shape index (κ3) is 5.54. The molecule has 0 N–H and O–H groups in total. The lowest BCUT2D eigenvalue weighted by Crippen LogP contribution is -2.06. The van der Waals surface area contributed by atoms with Gasteiger partial charge < -0.3 is 4.57 Å². The Morgan fingerprint density at radius 1 is 0.808 bits per heavy atom. The van der Waals surface area contributed by atoms with E-state index in [0.717, 1.165) is 12.3 Å². The molecule has 0 amide bonds. The van der Waals surface area contributed by atoms with Gasteiger partial charge in [-0.15, -0.1) is 0 Å². The second kappa shape index (κ2) is 7.75. The number of halogens is 6. The van der Waals surface area contributed by atoms with E-state index in [4.69, 9.17) is 0 Å². The lowest BCUT2D eigenvalue weighted by Gasteiger charge is -2.04. The molecule has 2 aromatic heterocycles. The number of alkyl halides is 6. The fourth-order valence-electron chi connectivity index (χ4n) is 2.47. The zero-order valence-electron chi connectivity index (χ0n) is 15.5. The third-order valence-electron chi connectivity index (χ3n) is 3.76. The molecule has 0 atom stereocenters. The average Bonchev–Trinajstić information content (AvgIpc) is 3.01. The van der Waals surface area contributed by atoms with Crippen LogP contribution < -0.4 is 0 Å². The van der Waals surface area contributed by atoms with Crippen molar-refractivity contribution in [1.29, 1.82) is 0 Å². The predicted molar refractivity (Wildman–Crippen MR) is 86.8 cm³/mol. The van der Waals surface area contributed by atoms with E-state index in [1.54, 1.807) is 7.05 Å². The minimum Gasteiger partial charge on any atom is -0.354 e. The molecule has 2 heterocycles. The van der Waals surface area contributed by atoms with Crippen molar-refractivity contribution in [3.05, 3.63) is 41.0 Å². The van der Waals surface area contributed by atoms with Crippen LogP contribution in [0.15, 0.2) is 18.3 Å². The molecule has 0 aromatic carbocycles. The molecule has 0 aliphatic carbocycles. The van der Waals surface area contributed by atoms with Crippen LogP contribution in [-0.4, -0.2) is 14.3 Å². The van der Waals surface area contributed by atoms with Crippen molar-refractivity contribution in [1.82, 2.24) is 14.3 Å². The quantitative estimate of drug-likeness (QED) is 0.608. The van der Waals surface area contributed by atoms with Gasteiger partial charge in [0, 0.05) is 31.7 Å². The molecule has 9 heteroatoms. The summed E-state index contributed by atoms with van der Waals surface area (Å²) >= 11 is 0. The maximum absolute atomic E-state index is 12.2. The third-order valence-corrected chi connectivity index (χ3v) is 3.76. The summed E-state index contributed by atoms with van der Waals surface area (Å²) in [6, 6.07) is 2.29. The summed E-state index contributed by atoms with van der Waals surface area (Å²) in [6.45, 7) is 7.40. The predicted octanol–water partition coefficient (Wildman–Crippen LogP) is 5.73. The Labute approximate surface area is 148 Å². The smallest absolute Gasteiger partial charge is 0.354 e. The standard InChI is InChI=1S/C9H12F3N.C8H11F3N2/c1-6(2)8-4-7(5-13(8)3)9(10,11)12;1-5(2)6-4-7(8(9,10)11)12-13(6)3/h4-6H,1-3H3;4-5H,1-3H3. The summed E-state index contributed by atoms with van der Waals surface area (Å²) in [5.74, 6) is 0.162. The van der Waals surface area contributed by atoms with Crippen LogP contribution in [0.25, 0.3) is 0 Å². The normalized spacial score (nSPS) is 12.5. The van der Waals surface area contributed by atoms with E-state index in [-0.39, 0.29) is 11.8 Å². The van der Waals surface area contributed by atoms with Crippen molar-refractivity contribution in [2.75, 3.05) is 0 Å². The highest BCUT2D eigenvalue weighted by atomic mass is 19.4. The molecule has 2 aromatic rings. The van der Waals surface area contributed by atoms with E-state index in [1.165, 1.54) is 22.4 Å². The van der Waals surface area contributed by atoms with Crippen molar-refractivity contribution >= 4 is 0 Å². The Morgan fingerprint density at radius 3 is 1.54 bits per heavy atom. The molecule has 0 aliphatic rings. The van der Waals surface area contributed by atoms with Gasteiger partial charge in [0.05, 0.1) is 5.56 Å². The minimum atomic E-state index is -4.34. The molecule has 3 nitrogen and oxygen atoms in total. The van der Waals surface area contributed by atoms with E-state index < -0.39 is 23.6 Å². The van der Waals surface area contributed by atoms with Crippen LogP contribution in [0.3, 0.4) is 0 Å². The van der Waals surface area contributed by atoms with Crippen molar-refractivity contribution in [2.45, 2.75) is 51.9 Å². The number of hydrogen-bond acceptors (Lipinski definition) is 1. The number of aryl methyl sites for hydroxylation is 2. The van der Waals surface area contributed by atoms with Crippen LogP contribution in [0.2, 0.25) is 0 Å². The Morgan fingerprint density at radius 2 is 1.31 bits per heavy atom. The van der Waals surface area contributed by atoms with Gasteiger partial charge in [-0.2, -0.15) is 31.4 Å². The van der Waals surface area contributed by atoms with Crippen LogP contribution in [0.5, 0.6) is 0 Å². The Kier molecular flexibility index (Phi) is 6.59. The largest absolute Gasteiger partial charge is 0.435 e. The summed E-state index contributed by atoms with van der Waals surface area (Å²) in [7, 11) is 3.15. The molecule has 148 valence electrons. The zero-order chi connectivity index (χ0) is 20.4. The molecule has 0 radical (unpaired) electrons. The maximum Gasteiger partial charge on any atom is 0.435 e. The number of hydrogen-bond donors (Lipinski definition) is 0. The Balaban J connectivity index is 0.000000260. The highest BCUT2D eigenvalue weighted by molar-refractivity contribution is 5.23. The fraction of sp³-hybridized carbons (Fsp3) is 0.588. The number of aromatic nitrogens is 3. The molecule has 0 fully saturated rings. The van der Waals surface area contributed by atoms with Gasteiger partial charge >= 0.3 is 12.4 Å². The van der Waals surface area contributed by atoms with Gasteiger partial charge in [0.15, 0.2) is 5.69 Å². The summed E-state index contributed by atoms with van der Waals surface area (Å²) in [5, 5.41) is 3.39. The van der Waals surface area contributed by atoms with E-state index in [9.17, 15) is 26.3 Å². The summed E-state index contributed by atoms with van der Waals surface area (Å²) in [6.07, 6.45) is -7.45. The molecule has 2 rings (SSSR count). The van der Waals surface area contributed by atoms with Gasteiger partial charge in [-0.05, 0) is 24.0 Å². The highest BCUT2D eigenvalue weighted by Gasteiger charge is 2.34. The second-order valence-corrected chi connectivity index (χ2v) is 6.65. The van der Waals surface area contributed by atoms with Gasteiger partial charge in [0.2, 0.25) is 0 Å². The van der Waals surface area contributed by atoms with Crippen molar-refractivity contribution in [3.8, 4) is 0 Å². The van der Waals surface area contributed by atoms with Crippen LogP contribution >= 0.6 is 0 Å². The van der Waals surface area contributed by atoms with Gasteiger partial charge in [0.1, 0.15) is 0 Å². The lowest BCUT2D eigenvalue weighted by molar-refractivity contribution is -0.141. The van der Waals surface area contributed by atoms with Crippen molar-refractivity contribution in [3.63, 3.8) is 0 Å². The van der Waals surface area contributed by atoms with E-state index in [2.05, 4.69) is 5.10 Å². The Hall–Kier alpha value is -1.93. The van der Waals surface area contributed by atoms with Gasteiger partial charge in [-0.25, -0.2) is 0 Å². The van der Waals surface area contributed by atoms with Gasteiger partial charge in [-0.1, -0.05) is 27.7 Å². The van der Waals surface area contributed by atoms with Crippen LogP contribution in [0, 0.1) is 0 Å². The first kappa shape index (κ1) is 22.1. The summed E-state index contributed by atoms with van der Waals surface area (Å²) in [5.41, 5.74) is -0.1000. The van der Waals surface area contributed by atoms with Crippen LogP contribution in [0.1, 0.15) is 62.2 Å². The van der Waals surface area contributed by atoms with Crippen LogP contribution in [-0.2, 0) is 26.4 Å². The lowest BCUT2D eigenvalue weighted by atomic mass is 10.1. The number of nitrogens with zero attached hydrogens (tertiary/aromatic N) is 3. The first-order valence-corrected chi connectivity index (χ1v) is 7.99. The molecular formula is C17H23F6N3. The molecule has 26 heavy (non-hydrogen) atoms. The van der Waals surface area contributed by atoms with Crippen molar-refractivity contribution < 1.29 is 26.3 Å². The van der Waals surface area contributed by atoms with Crippen LogP contribution in [0.4, 0.5) is 26.3 Å². The maximum atomic E-state index is 12.2. The zero-order valence-corrected chi connectivity index (χ0v) is 15.5. The van der Waals surface area contributed by atoms with Gasteiger partial charge in [-0.3, -0.25) is 4.68 Å². The molecular weight excluding hydrogens is 360 g/mol. The molecule has 0 aliphatic heterocycles. The first-order valence-electron chi connectivity index (χ1n) is 7.99. The van der Waals surface area contributed by atoms with E-state index in [0.29, 0.717) is 11.4 Å². The van der Waals surface area contributed by atoms with E-state index >= 15 is 0 Å². The van der Waals surface area contributed by atoms with Crippen molar-refractivity contribution in [2.24, 2.45) is 14.1 Å². The minimum absolute atomic E-state index is 0.0496. The molecule has 0 saturated carbocycles. The average molecular weight is 383 g/mol. The topological polar surface area (TPSA) is 22.8 Å². The first-order chi connectivity index (χ1) is 11.6. The monoisotopic (exact) mass is 383 g/mol. The summed E-state index contributed by atoms with van der Waals surface area (Å²) in [4.78, 5) is 0. The Bertz CT molecular complexity index is 658. The van der Waals surface area contributed by atoms with Gasteiger partial charge in [0.25, 0.3) is 0 Å².